The SMILES string of the molecule is ClCCCSCc1cccc(Br)c1. The Balaban J connectivity index is 2.28. The van der Waals surface area contributed by atoms with Gasteiger partial charge in [-0.1, -0.05) is 28.1 Å². The summed E-state index contributed by atoms with van der Waals surface area (Å²) in [6, 6.07) is 8.43. The van der Waals surface area contributed by atoms with E-state index in [0.29, 0.717) is 0 Å². The van der Waals surface area contributed by atoms with Crippen molar-refractivity contribution in [3.8, 4) is 0 Å². The topological polar surface area (TPSA) is 0 Å². The lowest BCUT2D eigenvalue weighted by Crippen LogP contribution is -1.84. The van der Waals surface area contributed by atoms with Gasteiger partial charge in [-0.15, -0.1) is 11.6 Å². The van der Waals surface area contributed by atoms with Gasteiger partial charge < -0.3 is 0 Å². The highest BCUT2D eigenvalue weighted by Crippen LogP contribution is 2.17. The van der Waals surface area contributed by atoms with Crippen LogP contribution in [-0.2, 0) is 5.75 Å². The van der Waals surface area contributed by atoms with Crippen LogP contribution in [-0.4, -0.2) is 11.6 Å². The zero-order valence-electron chi connectivity index (χ0n) is 7.30. The summed E-state index contributed by atoms with van der Waals surface area (Å²) in [6.45, 7) is 0. The van der Waals surface area contributed by atoms with Crippen LogP contribution in [0.2, 0.25) is 0 Å². The third-order valence-electron chi connectivity index (χ3n) is 1.58. The van der Waals surface area contributed by atoms with Gasteiger partial charge >= 0.3 is 0 Å². The minimum atomic E-state index is 0.769. The molecule has 0 atom stereocenters. The first-order valence-electron chi connectivity index (χ1n) is 4.21. The lowest BCUT2D eigenvalue weighted by atomic mass is 10.2. The summed E-state index contributed by atoms with van der Waals surface area (Å²) in [5.41, 5.74) is 1.37. The van der Waals surface area contributed by atoms with Gasteiger partial charge in [-0.05, 0) is 29.9 Å². The van der Waals surface area contributed by atoms with Crippen LogP contribution in [0.15, 0.2) is 28.7 Å². The maximum Gasteiger partial charge on any atom is 0.0231 e. The number of alkyl halides is 1. The highest BCUT2D eigenvalue weighted by Gasteiger charge is 1.94. The van der Waals surface area contributed by atoms with Crippen LogP contribution >= 0.6 is 39.3 Å². The summed E-state index contributed by atoms with van der Waals surface area (Å²) < 4.78 is 1.16. The van der Waals surface area contributed by atoms with Crippen molar-refractivity contribution in [3.63, 3.8) is 0 Å². The van der Waals surface area contributed by atoms with E-state index in [1.165, 1.54) is 5.56 Å². The summed E-state index contributed by atoms with van der Waals surface area (Å²) in [7, 11) is 0. The van der Waals surface area contributed by atoms with Gasteiger partial charge in [0.2, 0.25) is 0 Å². The van der Waals surface area contributed by atoms with Crippen molar-refractivity contribution >= 4 is 39.3 Å². The third kappa shape index (κ3) is 4.94. The van der Waals surface area contributed by atoms with E-state index in [4.69, 9.17) is 11.6 Å². The number of hydrogen-bond acceptors (Lipinski definition) is 1. The Morgan fingerprint density at radius 1 is 1.38 bits per heavy atom. The van der Waals surface area contributed by atoms with Gasteiger partial charge in [0.05, 0.1) is 0 Å². The molecule has 0 amide bonds. The standard InChI is InChI=1S/C10H12BrClS/c11-10-4-1-3-9(7-10)8-13-6-2-5-12/h1,3-4,7H,2,5-6,8H2. The molecule has 0 aromatic heterocycles. The molecule has 0 saturated heterocycles. The number of thioether (sulfide) groups is 1. The van der Waals surface area contributed by atoms with E-state index in [2.05, 4.69) is 34.1 Å². The number of halogens is 2. The lowest BCUT2D eigenvalue weighted by Gasteiger charge is -2.00. The second kappa shape index (κ2) is 6.74. The normalized spacial score (nSPS) is 10.3. The molecule has 0 bridgehead atoms. The first kappa shape index (κ1) is 11.4. The molecule has 0 heterocycles. The van der Waals surface area contributed by atoms with Gasteiger partial charge in [0.25, 0.3) is 0 Å². The van der Waals surface area contributed by atoms with E-state index in [1.807, 2.05) is 17.8 Å². The number of hydrogen-bond donors (Lipinski definition) is 0. The molecule has 0 saturated carbocycles. The Hall–Kier alpha value is 0.340. The molecule has 1 aromatic carbocycles. The molecule has 13 heavy (non-hydrogen) atoms. The second-order valence-electron chi connectivity index (χ2n) is 2.73. The summed E-state index contributed by atoms with van der Waals surface area (Å²) in [5, 5.41) is 0. The van der Waals surface area contributed by atoms with Gasteiger partial charge in [-0.25, -0.2) is 0 Å². The van der Waals surface area contributed by atoms with Gasteiger partial charge in [-0.3, -0.25) is 0 Å². The zero-order chi connectivity index (χ0) is 9.52. The van der Waals surface area contributed by atoms with Gasteiger partial charge in [0, 0.05) is 16.1 Å². The molecule has 1 aromatic rings. The van der Waals surface area contributed by atoms with E-state index in [1.54, 1.807) is 0 Å². The molecule has 0 aliphatic heterocycles. The van der Waals surface area contributed by atoms with Crippen LogP contribution in [0.1, 0.15) is 12.0 Å². The summed E-state index contributed by atoms with van der Waals surface area (Å²) in [6.07, 6.45) is 1.10. The molecule has 3 heteroatoms. The van der Waals surface area contributed by atoms with Crippen LogP contribution in [0.4, 0.5) is 0 Å². The molecule has 0 spiro atoms. The summed E-state index contributed by atoms with van der Waals surface area (Å²) in [5.74, 6) is 3.00. The fourth-order valence-electron chi connectivity index (χ4n) is 0.973. The van der Waals surface area contributed by atoms with Crippen LogP contribution in [0, 0.1) is 0 Å². The zero-order valence-corrected chi connectivity index (χ0v) is 10.5. The van der Waals surface area contributed by atoms with Crippen molar-refractivity contribution in [2.24, 2.45) is 0 Å². The molecule has 0 N–H and O–H groups in total. The molecule has 0 aliphatic carbocycles. The quantitative estimate of drug-likeness (QED) is 0.572. The molecule has 0 fully saturated rings. The van der Waals surface area contributed by atoms with Crippen molar-refractivity contribution in [2.45, 2.75) is 12.2 Å². The Morgan fingerprint density at radius 2 is 2.23 bits per heavy atom. The maximum atomic E-state index is 5.59. The van der Waals surface area contributed by atoms with E-state index in [9.17, 15) is 0 Å². The van der Waals surface area contributed by atoms with Gasteiger partial charge in [-0.2, -0.15) is 11.8 Å². The first-order chi connectivity index (χ1) is 6.33. The molecule has 72 valence electrons. The van der Waals surface area contributed by atoms with Crippen molar-refractivity contribution in [1.29, 1.82) is 0 Å². The van der Waals surface area contributed by atoms with E-state index in [0.717, 1.165) is 28.3 Å². The first-order valence-corrected chi connectivity index (χ1v) is 6.69. The van der Waals surface area contributed by atoms with E-state index >= 15 is 0 Å². The fourth-order valence-corrected chi connectivity index (χ4v) is 2.62. The Labute approximate surface area is 97.2 Å². The predicted molar refractivity (Wildman–Crippen MR) is 65.6 cm³/mol. The number of rotatable bonds is 5. The highest BCUT2D eigenvalue weighted by atomic mass is 79.9. The highest BCUT2D eigenvalue weighted by molar-refractivity contribution is 9.10. The average molecular weight is 280 g/mol. The lowest BCUT2D eigenvalue weighted by molar-refractivity contribution is 1.11. The molecular formula is C10H12BrClS. The molecule has 0 aliphatic rings. The van der Waals surface area contributed by atoms with Crippen molar-refractivity contribution in [3.05, 3.63) is 34.3 Å². The summed E-state index contributed by atoms with van der Waals surface area (Å²) in [4.78, 5) is 0. The Kier molecular flexibility index (Phi) is 5.92. The molecule has 0 nitrogen and oxygen atoms in total. The van der Waals surface area contributed by atoms with E-state index < -0.39 is 0 Å². The van der Waals surface area contributed by atoms with Gasteiger partial charge in [0.1, 0.15) is 0 Å². The molecular weight excluding hydrogens is 268 g/mol. The van der Waals surface area contributed by atoms with Crippen LogP contribution in [0.5, 0.6) is 0 Å². The third-order valence-corrected chi connectivity index (χ3v) is 3.46. The molecule has 0 unspecified atom stereocenters. The number of benzene rings is 1. The average Bonchev–Trinajstić information content (AvgIpc) is 2.13. The van der Waals surface area contributed by atoms with E-state index in [-0.39, 0.29) is 0 Å². The van der Waals surface area contributed by atoms with Crippen molar-refractivity contribution in [2.75, 3.05) is 11.6 Å². The van der Waals surface area contributed by atoms with Crippen LogP contribution in [0.3, 0.4) is 0 Å². The summed E-state index contributed by atoms with van der Waals surface area (Å²) >= 11 is 11.0. The van der Waals surface area contributed by atoms with Crippen LogP contribution < -0.4 is 0 Å². The molecule has 0 radical (unpaired) electrons. The Bertz CT molecular complexity index is 252. The maximum absolute atomic E-state index is 5.59. The van der Waals surface area contributed by atoms with Crippen molar-refractivity contribution in [1.82, 2.24) is 0 Å². The van der Waals surface area contributed by atoms with Gasteiger partial charge in [0.15, 0.2) is 0 Å². The smallest absolute Gasteiger partial charge is 0.0231 e. The largest absolute Gasteiger partial charge is 0.157 e. The Morgan fingerprint density at radius 3 is 2.92 bits per heavy atom. The van der Waals surface area contributed by atoms with Crippen molar-refractivity contribution < 1.29 is 0 Å². The predicted octanol–water partition coefficient (Wildman–Crippen LogP) is 4.31. The monoisotopic (exact) mass is 278 g/mol. The van der Waals surface area contributed by atoms with Crippen LogP contribution in [0.25, 0.3) is 0 Å². The molecule has 1 rings (SSSR count). The minimum Gasteiger partial charge on any atom is -0.157 e. The minimum absolute atomic E-state index is 0.769. The second-order valence-corrected chi connectivity index (χ2v) is 5.12. The fraction of sp³-hybridized carbons (Fsp3) is 0.400.